The number of ketones is 1. The Kier molecular flexibility index (Phi) is 5.52. The van der Waals surface area contributed by atoms with Crippen molar-refractivity contribution in [3.05, 3.63) is 68.6 Å². The van der Waals surface area contributed by atoms with Gasteiger partial charge in [0.15, 0.2) is 5.78 Å². The molecular formula is C16H14Br2O2. The molecule has 0 heterocycles. The molecule has 0 bridgehead atoms. The maximum Gasteiger partial charge on any atom is 0.191 e. The molecule has 0 aliphatic rings. The highest BCUT2D eigenvalue weighted by Gasteiger charge is 2.15. The van der Waals surface area contributed by atoms with E-state index in [4.69, 9.17) is 4.74 Å². The highest BCUT2D eigenvalue weighted by Crippen LogP contribution is 2.15. The summed E-state index contributed by atoms with van der Waals surface area (Å²) in [5.74, 6) is -0.00695. The third-order valence-corrected chi connectivity index (χ3v) is 3.91. The van der Waals surface area contributed by atoms with Crippen molar-refractivity contribution in [2.45, 2.75) is 19.6 Å². The summed E-state index contributed by atoms with van der Waals surface area (Å²) in [5, 5.41) is 0. The second-order valence-electron chi connectivity index (χ2n) is 4.45. The van der Waals surface area contributed by atoms with Crippen molar-refractivity contribution in [1.29, 1.82) is 0 Å². The van der Waals surface area contributed by atoms with Crippen LogP contribution in [0.4, 0.5) is 0 Å². The third-order valence-electron chi connectivity index (χ3n) is 2.89. The van der Waals surface area contributed by atoms with Crippen LogP contribution in [-0.2, 0) is 11.3 Å². The number of benzene rings is 2. The van der Waals surface area contributed by atoms with Crippen LogP contribution in [-0.4, -0.2) is 11.9 Å². The zero-order chi connectivity index (χ0) is 14.5. The third kappa shape index (κ3) is 4.27. The Hall–Kier alpha value is -0.970. The van der Waals surface area contributed by atoms with Gasteiger partial charge in [-0.05, 0) is 36.8 Å². The highest BCUT2D eigenvalue weighted by atomic mass is 79.9. The van der Waals surface area contributed by atoms with Crippen molar-refractivity contribution < 1.29 is 9.53 Å². The molecule has 2 nitrogen and oxygen atoms in total. The molecule has 1 atom stereocenters. The predicted octanol–water partition coefficient (Wildman–Crippen LogP) is 5.00. The van der Waals surface area contributed by atoms with Gasteiger partial charge in [0.05, 0.1) is 6.61 Å². The Labute approximate surface area is 135 Å². The molecule has 2 aromatic carbocycles. The molecule has 0 radical (unpaired) electrons. The average Bonchev–Trinajstić information content (AvgIpc) is 2.45. The number of hydrogen-bond donors (Lipinski definition) is 0. The zero-order valence-electron chi connectivity index (χ0n) is 11.0. The van der Waals surface area contributed by atoms with Crippen LogP contribution < -0.4 is 0 Å². The lowest BCUT2D eigenvalue weighted by atomic mass is 10.1. The van der Waals surface area contributed by atoms with Gasteiger partial charge in [0.1, 0.15) is 6.10 Å². The van der Waals surface area contributed by atoms with Crippen LogP contribution in [0.3, 0.4) is 0 Å². The maximum atomic E-state index is 12.2. The van der Waals surface area contributed by atoms with Crippen molar-refractivity contribution in [3.8, 4) is 0 Å². The number of hydrogen-bond acceptors (Lipinski definition) is 2. The first kappa shape index (κ1) is 15.4. The molecule has 104 valence electrons. The molecule has 0 saturated heterocycles. The standard InChI is InChI=1S/C16H14Br2O2/c1-11(16(19)13-5-7-14(17)8-6-13)20-10-12-3-2-4-15(18)9-12/h2-9,11H,10H2,1H3. The first-order valence-electron chi connectivity index (χ1n) is 6.22. The number of rotatable bonds is 5. The van der Waals surface area contributed by atoms with Gasteiger partial charge in [0.2, 0.25) is 0 Å². The van der Waals surface area contributed by atoms with Crippen LogP contribution in [0.2, 0.25) is 0 Å². The van der Waals surface area contributed by atoms with Crippen molar-refractivity contribution in [1.82, 2.24) is 0 Å². The van der Waals surface area contributed by atoms with E-state index in [0.717, 1.165) is 14.5 Å². The van der Waals surface area contributed by atoms with Crippen LogP contribution in [0.1, 0.15) is 22.8 Å². The SMILES string of the molecule is CC(OCc1cccc(Br)c1)C(=O)c1ccc(Br)cc1. The summed E-state index contributed by atoms with van der Waals surface area (Å²) in [6.45, 7) is 2.20. The van der Waals surface area contributed by atoms with Crippen molar-refractivity contribution in [2.24, 2.45) is 0 Å². The molecule has 0 aliphatic heterocycles. The van der Waals surface area contributed by atoms with E-state index in [0.29, 0.717) is 12.2 Å². The van der Waals surface area contributed by atoms with Gasteiger partial charge in [-0.2, -0.15) is 0 Å². The number of carbonyl (C=O) groups is 1. The van der Waals surface area contributed by atoms with Crippen LogP contribution >= 0.6 is 31.9 Å². The molecule has 0 spiro atoms. The predicted molar refractivity (Wildman–Crippen MR) is 86.9 cm³/mol. The second kappa shape index (κ2) is 7.16. The number of carbonyl (C=O) groups excluding carboxylic acids is 1. The zero-order valence-corrected chi connectivity index (χ0v) is 14.1. The fourth-order valence-corrected chi connectivity index (χ4v) is 2.48. The van der Waals surface area contributed by atoms with E-state index >= 15 is 0 Å². The lowest BCUT2D eigenvalue weighted by Gasteiger charge is -2.12. The van der Waals surface area contributed by atoms with Gasteiger partial charge in [0, 0.05) is 14.5 Å². The minimum Gasteiger partial charge on any atom is -0.366 e. The fraction of sp³-hybridized carbons (Fsp3) is 0.188. The van der Waals surface area contributed by atoms with E-state index in [2.05, 4.69) is 31.9 Å². The summed E-state index contributed by atoms with van der Waals surface area (Å²) in [4.78, 5) is 12.2. The number of Topliss-reactive ketones (excluding diaryl/α,β-unsaturated/α-hetero) is 1. The summed E-state index contributed by atoms with van der Waals surface area (Å²) < 4.78 is 7.61. The lowest BCUT2D eigenvalue weighted by molar-refractivity contribution is 0.0412. The molecule has 1 unspecified atom stereocenters. The molecule has 2 rings (SSSR count). The molecule has 0 aliphatic carbocycles. The van der Waals surface area contributed by atoms with Crippen LogP contribution in [0.15, 0.2) is 57.5 Å². The summed E-state index contributed by atoms with van der Waals surface area (Å²) in [6.07, 6.45) is -0.463. The molecular weight excluding hydrogens is 384 g/mol. The summed E-state index contributed by atoms with van der Waals surface area (Å²) in [6, 6.07) is 15.2. The Balaban J connectivity index is 1.96. The van der Waals surface area contributed by atoms with E-state index in [-0.39, 0.29) is 5.78 Å². The topological polar surface area (TPSA) is 26.3 Å². The van der Waals surface area contributed by atoms with Gasteiger partial charge in [0.25, 0.3) is 0 Å². The van der Waals surface area contributed by atoms with Gasteiger partial charge in [-0.15, -0.1) is 0 Å². The number of ether oxygens (including phenoxy) is 1. The number of halogens is 2. The van der Waals surface area contributed by atoms with Crippen LogP contribution in [0, 0.1) is 0 Å². The van der Waals surface area contributed by atoms with Gasteiger partial charge >= 0.3 is 0 Å². The van der Waals surface area contributed by atoms with E-state index < -0.39 is 6.10 Å². The normalized spacial score (nSPS) is 12.2. The lowest BCUT2D eigenvalue weighted by Crippen LogP contribution is -2.20. The van der Waals surface area contributed by atoms with E-state index in [1.54, 1.807) is 19.1 Å². The molecule has 4 heteroatoms. The van der Waals surface area contributed by atoms with E-state index in [1.807, 2.05) is 36.4 Å². The minimum atomic E-state index is -0.463. The van der Waals surface area contributed by atoms with E-state index in [9.17, 15) is 4.79 Å². The first-order chi connectivity index (χ1) is 9.56. The van der Waals surface area contributed by atoms with E-state index in [1.165, 1.54) is 0 Å². The van der Waals surface area contributed by atoms with Gasteiger partial charge in [-0.1, -0.05) is 56.1 Å². The second-order valence-corrected chi connectivity index (χ2v) is 6.29. The van der Waals surface area contributed by atoms with Crippen LogP contribution in [0.25, 0.3) is 0 Å². The monoisotopic (exact) mass is 396 g/mol. The Morgan fingerprint density at radius 2 is 1.80 bits per heavy atom. The maximum absolute atomic E-state index is 12.2. The molecule has 20 heavy (non-hydrogen) atoms. The quantitative estimate of drug-likeness (QED) is 0.663. The molecule has 0 N–H and O–H groups in total. The Morgan fingerprint density at radius 1 is 1.10 bits per heavy atom. The molecule has 0 aromatic heterocycles. The molecule has 0 fully saturated rings. The summed E-state index contributed by atoms with van der Waals surface area (Å²) >= 11 is 6.77. The molecule has 0 saturated carbocycles. The summed E-state index contributed by atoms with van der Waals surface area (Å²) in [5.41, 5.74) is 1.70. The molecule has 2 aromatic rings. The van der Waals surface area contributed by atoms with Gasteiger partial charge < -0.3 is 4.74 Å². The van der Waals surface area contributed by atoms with Crippen molar-refractivity contribution in [2.75, 3.05) is 0 Å². The summed E-state index contributed by atoms with van der Waals surface area (Å²) in [7, 11) is 0. The average molecular weight is 398 g/mol. The highest BCUT2D eigenvalue weighted by molar-refractivity contribution is 9.10. The van der Waals surface area contributed by atoms with Crippen LogP contribution in [0.5, 0.6) is 0 Å². The fourth-order valence-electron chi connectivity index (χ4n) is 1.77. The largest absolute Gasteiger partial charge is 0.366 e. The van der Waals surface area contributed by atoms with Gasteiger partial charge in [-0.25, -0.2) is 0 Å². The first-order valence-corrected chi connectivity index (χ1v) is 7.80. The Morgan fingerprint density at radius 3 is 2.45 bits per heavy atom. The molecule has 0 amide bonds. The minimum absolute atomic E-state index is 0.00695. The van der Waals surface area contributed by atoms with Crippen molar-refractivity contribution >= 4 is 37.6 Å². The van der Waals surface area contributed by atoms with Gasteiger partial charge in [-0.3, -0.25) is 4.79 Å². The van der Waals surface area contributed by atoms with Crippen molar-refractivity contribution in [3.63, 3.8) is 0 Å². The smallest absolute Gasteiger partial charge is 0.191 e. The Bertz CT molecular complexity index is 594.